The van der Waals surface area contributed by atoms with Crippen LogP contribution in [-0.4, -0.2) is 22.0 Å². The quantitative estimate of drug-likeness (QED) is 0.615. The van der Waals surface area contributed by atoms with E-state index in [0.717, 1.165) is 16.7 Å². The molecule has 0 saturated heterocycles. The Morgan fingerprint density at radius 3 is 2.13 bits per heavy atom. The molecule has 0 saturated carbocycles. The number of carbonyl (C=O) groups excluding carboxylic acids is 1. The van der Waals surface area contributed by atoms with Crippen LogP contribution in [0.25, 0.3) is 6.08 Å². The van der Waals surface area contributed by atoms with Crippen molar-refractivity contribution in [2.75, 3.05) is 0 Å². The largest absolute Gasteiger partial charge is 0.506 e. The zero-order valence-corrected chi connectivity index (χ0v) is 14.2. The first kappa shape index (κ1) is 17.0. The van der Waals surface area contributed by atoms with Gasteiger partial charge in [-0.05, 0) is 37.6 Å². The molecule has 0 aliphatic carbocycles. The van der Waals surface area contributed by atoms with Crippen LogP contribution in [0.2, 0.25) is 0 Å². The average Bonchev–Trinajstić information content (AvgIpc) is 2.45. The molecule has 0 bridgehead atoms. The van der Waals surface area contributed by atoms with Gasteiger partial charge >= 0.3 is 5.97 Å². The summed E-state index contributed by atoms with van der Waals surface area (Å²) >= 11 is 3.15. The normalized spacial score (nSPS) is 10.9. The first-order chi connectivity index (χ1) is 10.8. The highest BCUT2D eigenvalue weighted by molar-refractivity contribution is 9.10. The number of aromatic carboxylic acids is 1. The van der Waals surface area contributed by atoms with Crippen LogP contribution >= 0.6 is 15.9 Å². The maximum absolute atomic E-state index is 12.3. The predicted molar refractivity (Wildman–Crippen MR) is 92.0 cm³/mol. The lowest BCUT2D eigenvalue weighted by atomic mass is 10.0. The maximum Gasteiger partial charge on any atom is 0.339 e. The van der Waals surface area contributed by atoms with Crippen molar-refractivity contribution in [1.29, 1.82) is 0 Å². The molecule has 0 unspecified atom stereocenters. The third-order valence-electron chi connectivity index (χ3n) is 3.24. The van der Waals surface area contributed by atoms with Gasteiger partial charge in [0.15, 0.2) is 5.78 Å². The number of aromatic hydroxyl groups is 1. The van der Waals surface area contributed by atoms with Gasteiger partial charge in [-0.15, -0.1) is 0 Å². The van der Waals surface area contributed by atoms with E-state index in [0.29, 0.717) is 4.47 Å². The standard InChI is InChI=1S/C18H15BrO4/c1-10-5-11(2)7-12(6-10)3-4-16(20)14-8-13(19)9-15(17(14)21)18(22)23/h3-9,21H,1-2H3,(H,22,23)/b4-3+. The fourth-order valence-electron chi connectivity index (χ4n) is 2.32. The number of carboxylic acids is 1. The van der Waals surface area contributed by atoms with Crippen LogP contribution in [0.3, 0.4) is 0 Å². The molecule has 0 amide bonds. The smallest absolute Gasteiger partial charge is 0.339 e. The molecule has 0 heterocycles. The Morgan fingerprint density at radius 1 is 1.00 bits per heavy atom. The van der Waals surface area contributed by atoms with Gasteiger partial charge in [0, 0.05) is 4.47 Å². The number of aryl methyl sites for hydroxylation is 2. The SMILES string of the molecule is Cc1cc(C)cc(/C=C/C(=O)c2cc(Br)cc(C(=O)O)c2O)c1. The average molecular weight is 375 g/mol. The topological polar surface area (TPSA) is 74.6 Å². The van der Waals surface area contributed by atoms with Crippen molar-refractivity contribution in [2.24, 2.45) is 0 Å². The molecule has 0 spiro atoms. The number of phenols is 1. The summed E-state index contributed by atoms with van der Waals surface area (Å²) in [6.07, 6.45) is 2.96. The van der Waals surface area contributed by atoms with Gasteiger partial charge in [-0.1, -0.05) is 51.3 Å². The third-order valence-corrected chi connectivity index (χ3v) is 3.70. The second-order valence-corrected chi connectivity index (χ2v) is 6.19. The summed E-state index contributed by atoms with van der Waals surface area (Å²) in [4.78, 5) is 23.4. The zero-order chi connectivity index (χ0) is 17.1. The van der Waals surface area contributed by atoms with Crippen LogP contribution in [0, 0.1) is 13.8 Å². The lowest BCUT2D eigenvalue weighted by Crippen LogP contribution is -2.03. The molecular weight excluding hydrogens is 360 g/mol. The molecule has 2 aromatic rings. The number of ketones is 1. The zero-order valence-electron chi connectivity index (χ0n) is 12.6. The Bertz CT molecular complexity index is 802. The van der Waals surface area contributed by atoms with Crippen molar-refractivity contribution in [1.82, 2.24) is 0 Å². The lowest BCUT2D eigenvalue weighted by Gasteiger charge is -2.06. The summed E-state index contributed by atoms with van der Waals surface area (Å²) in [6.45, 7) is 3.93. The lowest BCUT2D eigenvalue weighted by molar-refractivity contribution is 0.0693. The number of carbonyl (C=O) groups is 2. The number of carboxylic acid groups (broad SMARTS) is 1. The summed E-state index contributed by atoms with van der Waals surface area (Å²) in [5, 5.41) is 19.0. The van der Waals surface area contributed by atoms with Crippen molar-refractivity contribution < 1.29 is 19.8 Å². The second kappa shape index (κ2) is 6.79. The Labute approximate surface area is 142 Å². The van der Waals surface area contributed by atoms with Crippen molar-refractivity contribution in [2.45, 2.75) is 13.8 Å². The van der Waals surface area contributed by atoms with Gasteiger partial charge in [-0.3, -0.25) is 4.79 Å². The van der Waals surface area contributed by atoms with Crippen LogP contribution in [0.15, 0.2) is 40.9 Å². The van der Waals surface area contributed by atoms with Gasteiger partial charge in [0.25, 0.3) is 0 Å². The van der Waals surface area contributed by atoms with E-state index in [9.17, 15) is 14.7 Å². The number of hydrogen-bond acceptors (Lipinski definition) is 3. The molecule has 2 aromatic carbocycles. The van der Waals surface area contributed by atoms with E-state index in [-0.39, 0.29) is 11.1 Å². The van der Waals surface area contributed by atoms with Crippen molar-refractivity contribution in [3.63, 3.8) is 0 Å². The van der Waals surface area contributed by atoms with Gasteiger partial charge in [0.05, 0.1) is 5.56 Å². The highest BCUT2D eigenvalue weighted by Gasteiger charge is 2.18. The molecule has 5 heteroatoms. The summed E-state index contributed by atoms with van der Waals surface area (Å²) in [6, 6.07) is 8.54. The summed E-state index contributed by atoms with van der Waals surface area (Å²) in [5.74, 6) is -2.29. The maximum atomic E-state index is 12.3. The van der Waals surface area contributed by atoms with Gasteiger partial charge < -0.3 is 10.2 Å². The van der Waals surface area contributed by atoms with E-state index in [1.807, 2.05) is 32.0 Å². The Balaban J connectivity index is 2.37. The minimum Gasteiger partial charge on any atom is -0.506 e. The second-order valence-electron chi connectivity index (χ2n) is 5.27. The molecule has 2 rings (SSSR count). The Hall–Kier alpha value is -2.40. The highest BCUT2D eigenvalue weighted by atomic mass is 79.9. The first-order valence-electron chi connectivity index (χ1n) is 6.84. The molecule has 0 aliphatic rings. The molecule has 118 valence electrons. The number of hydrogen-bond donors (Lipinski definition) is 2. The molecule has 2 N–H and O–H groups in total. The monoisotopic (exact) mass is 374 g/mol. The highest BCUT2D eigenvalue weighted by Crippen LogP contribution is 2.28. The van der Waals surface area contributed by atoms with Crippen LogP contribution in [0.4, 0.5) is 0 Å². The molecule has 4 nitrogen and oxygen atoms in total. The number of halogens is 1. The fraction of sp³-hybridized carbons (Fsp3) is 0.111. The summed E-state index contributed by atoms with van der Waals surface area (Å²) in [7, 11) is 0. The van der Waals surface area contributed by atoms with E-state index < -0.39 is 17.5 Å². The Kier molecular flexibility index (Phi) is 5.01. The molecule has 0 atom stereocenters. The van der Waals surface area contributed by atoms with Crippen LogP contribution < -0.4 is 0 Å². The Morgan fingerprint density at radius 2 is 1.57 bits per heavy atom. The van der Waals surface area contributed by atoms with Gasteiger partial charge in [0.2, 0.25) is 0 Å². The van der Waals surface area contributed by atoms with Crippen LogP contribution in [0.1, 0.15) is 37.4 Å². The molecule has 0 fully saturated rings. The third kappa shape index (κ3) is 4.07. The van der Waals surface area contributed by atoms with E-state index in [1.54, 1.807) is 6.08 Å². The molecular formula is C18H15BrO4. The summed E-state index contributed by atoms with van der Waals surface area (Å²) < 4.78 is 0.413. The molecule has 0 aliphatic heterocycles. The predicted octanol–water partition coefficient (Wildman–Crippen LogP) is 4.37. The van der Waals surface area contributed by atoms with Crippen molar-refractivity contribution >= 4 is 33.8 Å². The van der Waals surface area contributed by atoms with Gasteiger partial charge in [0.1, 0.15) is 11.3 Å². The number of rotatable bonds is 4. The molecule has 23 heavy (non-hydrogen) atoms. The van der Waals surface area contributed by atoms with Crippen LogP contribution in [0.5, 0.6) is 5.75 Å². The van der Waals surface area contributed by atoms with E-state index >= 15 is 0 Å². The first-order valence-corrected chi connectivity index (χ1v) is 7.63. The van der Waals surface area contributed by atoms with Crippen molar-refractivity contribution in [3.05, 3.63) is 68.7 Å². The summed E-state index contributed by atoms with van der Waals surface area (Å²) in [5.41, 5.74) is 2.65. The van der Waals surface area contributed by atoms with E-state index in [2.05, 4.69) is 15.9 Å². The van der Waals surface area contributed by atoms with Crippen LogP contribution in [-0.2, 0) is 0 Å². The fourth-order valence-corrected chi connectivity index (χ4v) is 2.78. The van der Waals surface area contributed by atoms with Crippen molar-refractivity contribution in [3.8, 4) is 5.75 Å². The number of allylic oxidation sites excluding steroid dienone is 1. The van der Waals surface area contributed by atoms with E-state index in [1.165, 1.54) is 18.2 Å². The van der Waals surface area contributed by atoms with E-state index in [4.69, 9.17) is 5.11 Å². The van der Waals surface area contributed by atoms with Gasteiger partial charge in [-0.2, -0.15) is 0 Å². The minimum absolute atomic E-state index is 0.0580. The molecule has 0 aromatic heterocycles. The van der Waals surface area contributed by atoms with Gasteiger partial charge in [-0.25, -0.2) is 4.79 Å². The molecule has 0 radical (unpaired) electrons. The minimum atomic E-state index is -1.30. The number of benzene rings is 2.